The van der Waals surface area contributed by atoms with E-state index in [1.807, 2.05) is 35.2 Å². The Morgan fingerprint density at radius 2 is 2.00 bits per heavy atom. The Bertz CT molecular complexity index is 547. The molecule has 132 valence electrons. The molecule has 0 bridgehead atoms. The number of hydrogen-bond donors (Lipinski definition) is 1. The van der Waals surface area contributed by atoms with Gasteiger partial charge in [-0.1, -0.05) is 37.3 Å². The number of likely N-dealkylation sites (tertiary alicyclic amines) is 1. The summed E-state index contributed by atoms with van der Waals surface area (Å²) in [5, 5.41) is 0. The second-order valence-corrected chi connectivity index (χ2v) is 6.78. The lowest BCUT2D eigenvalue weighted by atomic mass is 9.92. The van der Waals surface area contributed by atoms with Gasteiger partial charge in [0.2, 0.25) is 11.8 Å². The molecule has 1 aliphatic heterocycles. The molecule has 0 spiro atoms. The number of benzene rings is 1. The molecule has 0 saturated carbocycles. The lowest BCUT2D eigenvalue weighted by Gasteiger charge is -2.38. The Morgan fingerprint density at radius 1 is 1.29 bits per heavy atom. The topological polar surface area (TPSA) is 66.6 Å². The van der Waals surface area contributed by atoms with Gasteiger partial charge in [-0.25, -0.2) is 0 Å². The summed E-state index contributed by atoms with van der Waals surface area (Å²) in [6.45, 7) is 6.05. The van der Waals surface area contributed by atoms with Crippen molar-refractivity contribution in [3.63, 3.8) is 0 Å². The molecule has 1 aliphatic rings. The number of amides is 2. The van der Waals surface area contributed by atoms with Crippen molar-refractivity contribution in [3.8, 4) is 0 Å². The fourth-order valence-corrected chi connectivity index (χ4v) is 3.33. The van der Waals surface area contributed by atoms with E-state index in [2.05, 4.69) is 6.92 Å². The molecular formula is C19H29N3O2. The first-order valence-electron chi connectivity index (χ1n) is 8.80. The average Bonchev–Trinajstić information content (AvgIpc) is 2.58. The molecule has 1 fully saturated rings. The van der Waals surface area contributed by atoms with Crippen LogP contribution in [-0.2, 0) is 16.1 Å². The zero-order valence-corrected chi connectivity index (χ0v) is 14.8. The molecule has 5 nitrogen and oxygen atoms in total. The largest absolute Gasteiger partial charge is 0.338 e. The number of carbonyl (C=O) groups is 2. The van der Waals surface area contributed by atoms with Crippen LogP contribution in [0.1, 0.15) is 38.7 Å². The maximum Gasteiger partial charge on any atom is 0.224 e. The maximum atomic E-state index is 12.6. The fourth-order valence-electron chi connectivity index (χ4n) is 3.33. The van der Waals surface area contributed by atoms with E-state index in [4.69, 9.17) is 5.73 Å². The first-order valence-corrected chi connectivity index (χ1v) is 8.80. The molecule has 1 aromatic carbocycles. The van der Waals surface area contributed by atoms with E-state index in [-0.39, 0.29) is 17.9 Å². The van der Waals surface area contributed by atoms with Gasteiger partial charge in [0.25, 0.3) is 0 Å². The van der Waals surface area contributed by atoms with Gasteiger partial charge < -0.3 is 15.5 Å². The van der Waals surface area contributed by atoms with E-state index in [0.29, 0.717) is 32.0 Å². The van der Waals surface area contributed by atoms with Gasteiger partial charge >= 0.3 is 0 Å². The molecule has 24 heavy (non-hydrogen) atoms. The molecule has 1 saturated heterocycles. The molecule has 2 N–H and O–H groups in total. The molecular weight excluding hydrogens is 302 g/mol. The van der Waals surface area contributed by atoms with E-state index in [0.717, 1.165) is 24.9 Å². The Hall–Kier alpha value is -1.88. The minimum Gasteiger partial charge on any atom is -0.338 e. The fraction of sp³-hybridized carbons (Fsp3) is 0.579. The highest BCUT2D eigenvalue weighted by Crippen LogP contribution is 2.22. The second kappa shape index (κ2) is 8.83. The van der Waals surface area contributed by atoms with E-state index in [1.165, 1.54) is 0 Å². The van der Waals surface area contributed by atoms with Crippen LogP contribution in [-0.4, -0.2) is 47.3 Å². The van der Waals surface area contributed by atoms with Crippen molar-refractivity contribution in [2.75, 3.05) is 19.6 Å². The summed E-state index contributed by atoms with van der Waals surface area (Å²) in [4.78, 5) is 28.1. The van der Waals surface area contributed by atoms with Crippen LogP contribution < -0.4 is 5.73 Å². The van der Waals surface area contributed by atoms with Gasteiger partial charge in [0.05, 0.1) is 0 Å². The molecule has 2 amide bonds. The third-order valence-electron chi connectivity index (χ3n) is 4.83. The van der Waals surface area contributed by atoms with Crippen molar-refractivity contribution in [2.24, 2.45) is 11.7 Å². The molecule has 0 radical (unpaired) electrons. The smallest absolute Gasteiger partial charge is 0.224 e. The zero-order valence-electron chi connectivity index (χ0n) is 14.8. The van der Waals surface area contributed by atoms with Crippen molar-refractivity contribution >= 4 is 11.8 Å². The molecule has 0 aliphatic carbocycles. The van der Waals surface area contributed by atoms with E-state index in [1.54, 1.807) is 11.8 Å². The summed E-state index contributed by atoms with van der Waals surface area (Å²) in [6.07, 6.45) is 2.36. The standard InChI is InChI=1S/C19H29N3O2/c1-15-8-11-22(18(12-15)13-20)19(24)9-10-21(16(2)23)14-17-6-4-3-5-7-17/h3-7,15,18H,8-14,20H2,1-2H3. The van der Waals surface area contributed by atoms with Crippen LogP contribution in [0, 0.1) is 5.92 Å². The highest BCUT2D eigenvalue weighted by molar-refractivity contribution is 5.78. The number of nitrogens with zero attached hydrogens (tertiary/aromatic N) is 2. The number of hydrogen-bond acceptors (Lipinski definition) is 3. The number of carbonyl (C=O) groups excluding carboxylic acids is 2. The highest BCUT2D eigenvalue weighted by Gasteiger charge is 2.28. The summed E-state index contributed by atoms with van der Waals surface area (Å²) < 4.78 is 0. The Morgan fingerprint density at radius 3 is 2.62 bits per heavy atom. The van der Waals surface area contributed by atoms with Crippen molar-refractivity contribution in [1.29, 1.82) is 0 Å². The van der Waals surface area contributed by atoms with Crippen LogP contribution in [0.2, 0.25) is 0 Å². The minimum atomic E-state index is -0.00528. The monoisotopic (exact) mass is 331 g/mol. The van der Waals surface area contributed by atoms with Crippen LogP contribution in [0.3, 0.4) is 0 Å². The van der Waals surface area contributed by atoms with Crippen LogP contribution in [0.15, 0.2) is 30.3 Å². The van der Waals surface area contributed by atoms with Gasteiger partial charge in [-0.2, -0.15) is 0 Å². The molecule has 1 heterocycles. The third-order valence-corrected chi connectivity index (χ3v) is 4.83. The number of nitrogens with two attached hydrogens (primary N) is 1. The average molecular weight is 331 g/mol. The van der Waals surface area contributed by atoms with Gasteiger partial charge in [-0.3, -0.25) is 9.59 Å². The van der Waals surface area contributed by atoms with Crippen LogP contribution in [0.25, 0.3) is 0 Å². The molecule has 2 atom stereocenters. The van der Waals surface area contributed by atoms with Gasteiger partial charge in [0, 0.05) is 45.6 Å². The zero-order chi connectivity index (χ0) is 17.5. The number of rotatable bonds is 6. The lowest BCUT2D eigenvalue weighted by Crippen LogP contribution is -2.49. The minimum absolute atomic E-state index is 0.00528. The quantitative estimate of drug-likeness (QED) is 0.867. The molecule has 0 aromatic heterocycles. The van der Waals surface area contributed by atoms with Crippen LogP contribution in [0.4, 0.5) is 0 Å². The summed E-state index contributed by atoms with van der Waals surface area (Å²) in [5.41, 5.74) is 6.92. The Labute approximate surface area is 144 Å². The van der Waals surface area contributed by atoms with Gasteiger partial charge in [0.1, 0.15) is 0 Å². The lowest BCUT2D eigenvalue weighted by molar-refractivity contribution is -0.136. The summed E-state index contributed by atoms with van der Waals surface area (Å²) in [6, 6.07) is 10.00. The molecule has 2 unspecified atom stereocenters. The predicted molar refractivity (Wildman–Crippen MR) is 95.1 cm³/mol. The Kier molecular flexibility index (Phi) is 6.79. The normalized spacial score (nSPS) is 20.7. The van der Waals surface area contributed by atoms with Gasteiger partial charge in [0.15, 0.2) is 0 Å². The SMILES string of the molecule is CC(=O)N(CCC(=O)N1CCC(C)CC1CN)Cc1ccccc1. The molecule has 5 heteroatoms. The summed E-state index contributed by atoms with van der Waals surface area (Å²) in [7, 11) is 0. The molecule has 2 rings (SSSR count). The van der Waals surface area contributed by atoms with E-state index in [9.17, 15) is 9.59 Å². The van der Waals surface area contributed by atoms with Gasteiger partial charge in [-0.15, -0.1) is 0 Å². The second-order valence-electron chi connectivity index (χ2n) is 6.78. The number of piperidine rings is 1. The van der Waals surface area contributed by atoms with Crippen molar-refractivity contribution in [2.45, 2.75) is 45.7 Å². The maximum absolute atomic E-state index is 12.6. The summed E-state index contributed by atoms with van der Waals surface area (Å²) in [5.74, 6) is 0.723. The summed E-state index contributed by atoms with van der Waals surface area (Å²) >= 11 is 0. The third kappa shape index (κ3) is 5.06. The molecule has 1 aromatic rings. The van der Waals surface area contributed by atoms with Crippen molar-refractivity contribution < 1.29 is 9.59 Å². The van der Waals surface area contributed by atoms with E-state index < -0.39 is 0 Å². The first kappa shape index (κ1) is 18.5. The van der Waals surface area contributed by atoms with Crippen LogP contribution in [0.5, 0.6) is 0 Å². The predicted octanol–water partition coefficient (Wildman–Crippen LogP) is 2.01. The van der Waals surface area contributed by atoms with Gasteiger partial charge in [-0.05, 0) is 24.3 Å². The highest BCUT2D eigenvalue weighted by atomic mass is 16.2. The van der Waals surface area contributed by atoms with Crippen molar-refractivity contribution in [1.82, 2.24) is 9.80 Å². The van der Waals surface area contributed by atoms with Crippen molar-refractivity contribution in [3.05, 3.63) is 35.9 Å². The van der Waals surface area contributed by atoms with Crippen LogP contribution >= 0.6 is 0 Å². The first-order chi connectivity index (χ1) is 11.5. The Balaban J connectivity index is 1.91. The van der Waals surface area contributed by atoms with E-state index >= 15 is 0 Å².